The predicted octanol–water partition coefficient (Wildman–Crippen LogP) is 2.43. The van der Waals surface area contributed by atoms with Gasteiger partial charge in [0.05, 0.1) is 25.3 Å². The van der Waals surface area contributed by atoms with Gasteiger partial charge in [0, 0.05) is 18.1 Å². The highest BCUT2D eigenvalue weighted by molar-refractivity contribution is 9.18. The molecule has 2 aliphatic heterocycles. The molecule has 4 rings (SSSR count). The molecule has 3 atom stereocenters. The van der Waals surface area contributed by atoms with Crippen LogP contribution < -0.4 is 0 Å². The van der Waals surface area contributed by atoms with Gasteiger partial charge in [0.25, 0.3) is 5.79 Å². The highest BCUT2D eigenvalue weighted by atomic mass is 79.9. The maximum absolute atomic E-state index is 9.10. The van der Waals surface area contributed by atoms with Gasteiger partial charge in [-0.25, -0.2) is 4.98 Å². The van der Waals surface area contributed by atoms with Gasteiger partial charge < -0.3 is 19.4 Å². The van der Waals surface area contributed by atoms with Crippen molar-refractivity contribution in [1.29, 1.82) is 0 Å². The van der Waals surface area contributed by atoms with Crippen molar-refractivity contribution in [2.45, 2.75) is 12.1 Å². The molecule has 0 aliphatic carbocycles. The topological polar surface area (TPSA) is 82.4 Å². The van der Waals surface area contributed by atoms with Gasteiger partial charge in [-0.15, -0.1) is 0 Å². The molecule has 132 valence electrons. The molecule has 0 amide bonds. The lowest BCUT2D eigenvalue weighted by atomic mass is 9.95. The standard InChI is InChI=1S/C17H17BrN2O5/c1-22-9-12-15(18)20-25-17(12)14-11(16(24-17)23-7-6-21)8-10-4-2-3-5-13(10)19-14/h2-5,8,12,16,21H,6-7,9H2,1H3/t12-,16-,17+/m0/s1. The number of ether oxygens (including phenoxy) is 3. The van der Waals surface area contributed by atoms with Crippen LogP contribution in [0.4, 0.5) is 0 Å². The largest absolute Gasteiger partial charge is 0.394 e. The van der Waals surface area contributed by atoms with Crippen molar-refractivity contribution >= 4 is 31.5 Å². The maximum atomic E-state index is 9.10. The first-order valence-electron chi connectivity index (χ1n) is 7.90. The number of aromatic nitrogens is 1. The molecule has 1 N–H and O–H groups in total. The molecule has 0 unspecified atom stereocenters. The number of oxime groups is 1. The Balaban J connectivity index is 1.85. The van der Waals surface area contributed by atoms with E-state index in [-0.39, 0.29) is 19.1 Å². The fourth-order valence-electron chi connectivity index (χ4n) is 3.21. The number of aliphatic hydroxyl groups excluding tert-OH is 1. The highest BCUT2D eigenvalue weighted by Gasteiger charge is 2.60. The van der Waals surface area contributed by atoms with Crippen LogP contribution in [0.5, 0.6) is 0 Å². The Morgan fingerprint density at radius 3 is 3.00 bits per heavy atom. The Morgan fingerprint density at radius 2 is 2.20 bits per heavy atom. The van der Waals surface area contributed by atoms with E-state index in [9.17, 15) is 0 Å². The number of nitrogens with zero attached hydrogens (tertiary/aromatic N) is 2. The second-order valence-corrected chi connectivity index (χ2v) is 6.66. The van der Waals surface area contributed by atoms with Crippen LogP contribution in [0.3, 0.4) is 0 Å². The summed E-state index contributed by atoms with van der Waals surface area (Å²) in [5, 5.41) is 14.1. The van der Waals surface area contributed by atoms with Gasteiger partial charge in [0.2, 0.25) is 0 Å². The van der Waals surface area contributed by atoms with Crippen LogP contribution in [0, 0.1) is 5.92 Å². The van der Waals surface area contributed by atoms with Gasteiger partial charge in [0.15, 0.2) is 6.29 Å². The van der Waals surface area contributed by atoms with Gasteiger partial charge >= 0.3 is 0 Å². The lowest BCUT2D eigenvalue weighted by molar-refractivity contribution is -0.313. The van der Waals surface area contributed by atoms with Crippen LogP contribution in [0.1, 0.15) is 17.5 Å². The SMILES string of the molecule is COC[C@H]1C(Br)=NO[C@]12O[C@H](OCCO)c1cc3ccccc3nc12. The number of rotatable bonds is 5. The molecule has 0 saturated carbocycles. The van der Waals surface area contributed by atoms with Crippen LogP contribution in [0.15, 0.2) is 35.5 Å². The molecule has 0 bridgehead atoms. The van der Waals surface area contributed by atoms with E-state index in [1.54, 1.807) is 7.11 Å². The van der Waals surface area contributed by atoms with E-state index in [0.717, 1.165) is 16.5 Å². The first-order chi connectivity index (χ1) is 12.2. The number of benzene rings is 1. The van der Waals surface area contributed by atoms with Crippen molar-refractivity contribution in [3.05, 3.63) is 41.6 Å². The normalized spacial score (nSPS) is 27.6. The van der Waals surface area contributed by atoms with Gasteiger partial charge in [-0.1, -0.05) is 23.4 Å². The summed E-state index contributed by atoms with van der Waals surface area (Å²) in [6, 6.07) is 9.77. The molecule has 0 radical (unpaired) electrons. The molecule has 1 aromatic carbocycles. The maximum Gasteiger partial charge on any atom is 0.294 e. The Bertz CT molecular complexity index is 830. The third-order valence-electron chi connectivity index (χ3n) is 4.33. The van der Waals surface area contributed by atoms with Crippen LogP contribution in [0.25, 0.3) is 10.9 Å². The summed E-state index contributed by atoms with van der Waals surface area (Å²) in [6.45, 7) is 0.375. The number of halogens is 1. The molecular weight excluding hydrogens is 392 g/mol. The molecule has 1 aromatic heterocycles. The van der Waals surface area contributed by atoms with Gasteiger partial charge in [-0.2, -0.15) is 0 Å². The summed E-state index contributed by atoms with van der Waals surface area (Å²) in [4.78, 5) is 10.5. The average Bonchev–Trinajstić information content (AvgIpc) is 3.11. The summed E-state index contributed by atoms with van der Waals surface area (Å²) in [6.07, 6.45) is -0.702. The zero-order valence-electron chi connectivity index (χ0n) is 13.5. The van der Waals surface area contributed by atoms with Crippen LogP contribution >= 0.6 is 15.9 Å². The van der Waals surface area contributed by atoms with E-state index in [1.165, 1.54) is 0 Å². The number of para-hydroxylation sites is 1. The van der Waals surface area contributed by atoms with Crippen LogP contribution in [0.2, 0.25) is 0 Å². The van der Waals surface area contributed by atoms with Crippen LogP contribution in [-0.4, -0.2) is 41.6 Å². The van der Waals surface area contributed by atoms with Crippen molar-refractivity contribution in [2.24, 2.45) is 11.1 Å². The highest BCUT2D eigenvalue weighted by Crippen LogP contribution is 2.52. The lowest BCUT2D eigenvalue weighted by Gasteiger charge is -2.27. The number of aliphatic hydroxyl groups is 1. The van der Waals surface area contributed by atoms with E-state index in [2.05, 4.69) is 21.1 Å². The van der Waals surface area contributed by atoms with Crippen molar-refractivity contribution in [2.75, 3.05) is 26.9 Å². The van der Waals surface area contributed by atoms with Crippen LogP contribution in [-0.2, 0) is 24.8 Å². The number of hydrogen-bond donors (Lipinski definition) is 1. The lowest BCUT2D eigenvalue weighted by Crippen LogP contribution is -2.38. The number of hydrogen-bond acceptors (Lipinski definition) is 7. The minimum absolute atomic E-state index is 0.105. The molecule has 7 nitrogen and oxygen atoms in total. The summed E-state index contributed by atoms with van der Waals surface area (Å²) >= 11 is 3.42. The third kappa shape index (κ3) is 2.65. The van der Waals surface area contributed by atoms with Crippen molar-refractivity contribution in [3.63, 3.8) is 0 Å². The quantitative estimate of drug-likeness (QED) is 0.817. The summed E-state index contributed by atoms with van der Waals surface area (Å²) < 4.78 is 17.7. The Labute approximate surface area is 152 Å². The van der Waals surface area contributed by atoms with Crippen molar-refractivity contribution < 1.29 is 24.2 Å². The molecule has 25 heavy (non-hydrogen) atoms. The molecule has 2 aromatic rings. The first kappa shape index (κ1) is 16.9. The van der Waals surface area contributed by atoms with E-state index in [4.69, 9.17) is 29.1 Å². The molecule has 2 aliphatic rings. The molecule has 1 spiro atoms. The van der Waals surface area contributed by atoms with Crippen molar-refractivity contribution in [3.8, 4) is 0 Å². The number of pyridine rings is 1. The fourth-order valence-corrected chi connectivity index (χ4v) is 3.71. The summed E-state index contributed by atoms with van der Waals surface area (Å²) in [7, 11) is 1.61. The number of fused-ring (bicyclic) bond motifs is 3. The minimum Gasteiger partial charge on any atom is -0.394 e. The van der Waals surface area contributed by atoms with Gasteiger partial charge in [0.1, 0.15) is 16.2 Å². The average molecular weight is 409 g/mol. The van der Waals surface area contributed by atoms with Gasteiger partial charge in [-0.3, -0.25) is 4.74 Å². The zero-order chi connectivity index (χ0) is 17.4. The van der Waals surface area contributed by atoms with Gasteiger partial charge in [-0.05, 0) is 28.1 Å². The smallest absolute Gasteiger partial charge is 0.294 e. The second kappa shape index (κ2) is 6.62. The molecule has 8 heteroatoms. The number of methoxy groups -OCH3 is 1. The zero-order valence-corrected chi connectivity index (χ0v) is 15.1. The third-order valence-corrected chi connectivity index (χ3v) is 5.03. The van der Waals surface area contributed by atoms with E-state index in [0.29, 0.717) is 16.9 Å². The summed E-state index contributed by atoms with van der Waals surface area (Å²) in [5.74, 6) is -1.53. The minimum atomic E-state index is -1.21. The van der Waals surface area contributed by atoms with E-state index >= 15 is 0 Å². The molecule has 3 heterocycles. The molecule has 0 saturated heterocycles. The summed E-state index contributed by atoms with van der Waals surface area (Å²) in [5.41, 5.74) is 2.22. The van der Waals surface area contributed by atoms with Crippen molar-refractivity contribution in [1.82, 2.24) is 4.98 Å². The molecular formula is C17H17BrN2O5. The second-order valence-electron chi connectivity index (χ2n) is 5.84. The Morgan fingerprint density at radius 1 is 1.36 bits per heavy atom. The monoisotopic (exact) mass is 408 g/mol. The Hall–Kier alpha value is -1.58. The van der Waals surface area contributed by atoms with E-state index < -0.39 is 12.1 Å². The molecule has 0 fully saturated rings. The Kier molecular flexibility index (Phi) is 4.47. The van der Waals surface area contributed by atoms with E-state index in [1.807, 2.05) is 30.3 Å². The predicted molar refractivity (Wildman–Crippen MR) is 93.1 cm³/mol. The first-order valence-corrected chi connectivity index (χ1v) is 8.70. The fraction of sp³-hybridized carbons (Fsp3) is 0.412.